The molecule has 4 rings (SSSR count). The number of ketones is 1. The molecule has 0 radical (unpaired) electrons. The highest BCUT2D eigenvalue weighted by Gasteiger charge is 2.65. The number of carbonyl (C=O) groups excluding carboxylic acids is 1. The molecule has 5 nitrogen and oxygen atoms in total. The van der Waals surface area contributed by atoms with Gasteiger partial charge < -0.3 is 4.90 Å². The predicted octanol–water partition coefficient (Wildman–Crippen LogP) is 2.84. The summed E-state index contributed by atoms with van der Waals surface area (Å²) in [6, 6.07) is 8.22. The van der Waals surface area contributed by atoms with E-state index in [1.165, 1.54) is 11.3 Å². The van der Waals surface area contributed by atoms with E-state index in [9.17, 15) is 13.2 Å². The molecule has 1 saturated heterocycles. The Labute approximate surface area is 162 Å². The van der Waals surface area contributed by atoms with E-state index in [2.05, 4.69) is 37.8 Å². The van der Waals surface area contributed by atoms with Crippen LogP contribution in [0.3, 0.4) is 0 Å². The number of rotatable bonds is 4. The van der Waals surface area contributed by atoms with Crippen LogP contribution in [0.15, 0.2) is 24.3 Å². The molecule has 0 unspecified atom stereocenters. The number of piperazine rings is 1. The first-order chi connectivity index (χ1) is 12.7. The van der Waals surface area contributed by atoms with Gasteiger partial charge in [0.1, 0.15) is 5.78 Å². The average Bonchev–Trinajstić information content (AvgIpc) is 2.96. The van der Waals surface area contributed by atoms with Crippen molar-refractivity contribution in [1.29, 1.82) is 0 Å². The number of hydrogen-bond donors (Lipinski definition) is 0. The SMILES string of the molecule is Cc1ccccc1N1CCN(S(=O)(=O)C[C@@]23CC[C@H](CC2=O)C3(C)C)CC1. The van der Waals surface area contributed by atoms with Crippen molar-refractivity contribution >= 4 is 21.5 Å². The number of Topliss-reactive ketones (excluding diaryl/α,β-unsaturated/α-hetero) is 1. The Hall–Kier alpha value is -1.40. The zero-order chi connectivity index (χ0) is 19.4. The van der Waals surface area contributed by atoms with Crippen LogP contribution in [0.4, 0.5) is 5.69 Å². The maximum Gasteiger partial charge on any atom is 0.215 e. The molecule has 3 aliphatic rings. The number of nitrogens with zero attached hydrogens (tertiary/aromatic N) is 2. The first-order valence-electron chi connectivity index (χ1n) is 9.99. The molecule has 1 heterocycles. The fraction of sp³-hybridized carbons (Fsp3) is 0.667. The summed E-state index contributed by atoms with van der Waals surface area (Å²) in [5, 5.41) is 0. The van der Waals surface area contributed by atoms with Gasteiger partial charge in [-0.1, -0.05) is 32.0 Å². The van der Waals surface area contributed by atoms with Crippen LogP contribution in [0, 0.1) is 23.7 Å². The lowest BCUT2D eigenvalue weighted by Gasteiger charge is -2.40. The molecular weight excluding hydrogens is 360 g/mol. The molecule has 0 N–H and O–H groups in total. The maximum atomic E-state index is 13.2. The number of sulfonamides is 1. The van der Waals surface area contributed by atoms with Crippen LogP contribution >= 0.6 is 0 Å². The Balaban J connectivity index is 1.48. The van der Waals surface area contributed by atoms with Gasteiger partial charge in [0.2, 0.25) is 10.0 Å². The van der Waals surface area contributed by atoms with Crippen LogP contribution in [-0.2, 0) is 14.8 Å². The number of hydrogen-bond acceptors (Lipinski definition) is 4. The molecule has 2 bridgehead atoms. The Morgan fingerprint density at radius 1 is 1.11 bits per heavy atom. The maximum absolute atomic E-state index is 13.2. The third-order valence-corrected chi connectivity index (χ3v) is 9.67. The smallest absolute Gasteiger partial charge is 0.215 e. The number of para-hydroxylation sites is 1. The van der Waals surface area contributed by atoms with Gasteiger partial charge >= 0.3 is 0 Å². The van der Waals surface area contributed by atoms with E-state index < -0.39 is 15.4 Å². The fourth-order valence-corrected chi connectivity index (χ4v) is 7.84. The summed E-state index contributed by atoms with van der Waals surface area (Å²) in [5.41, 5.74) is 1.51. The number of anilines is 1. The standard InChI is InChI=1S/C21H30N2O3S/c1-16-6-4-5-7-18(16)22-10-12-23(13-11-22)27(25,26)15-21-9-8-17(14-19(21)24)20(21,2)3/h4-7,17H,8-15H2,1-3H3/t17-,21+/m1/s1. The van der Waals surface area contributed by atoms with E-state index in [4.69, 9.17) is 0 Å². The summed E-state index contributed by atoms with van der Waals surface area (Å²) >= 11 is 0. The van der Waals surface area contributed by atoms with Crippen molar-refractivity contribution in [2.24, 2.45) is 16.7 Å². The van der Waals surface area contributed by atoms with E-state index in [1.54, 1.807) is 4.31 Å². The molecule has 148 valence electrons. The van der Waals surface area contributed by atoms with Gasteiger partial charge in [0.05, 0.1) is 5.75 Å². The lowest BCUT2D eigenvalue weighted by atomic mass is 9.70. The van der Waals surface area contributed by atoms with Crippen molar-refractivity contribution in [1.82, 2.24) is 4.31 Å². The van der Waals surface area contributed by atoms with Crippen molar-refractivity contribution in [2.45, 2.75) is 40.0 Å². The van der Waals surface area contributed by atoms with Gasteiger partial charge in [0.25, 0.3) is 0 Å². The summed E-state index contributed by atoms with van der Waals surface area (Å²) in [4.78, 5) is 15.0. The fourth-order valence-electron chi connectivity index (χ4n) is 5.64. The Kier molecular flexibility index (Phi) is 4.43. The van der Waals surface area contributed by atoms with Crippen LogP contribution in [0.25, 0.3) is 0 Å². The topological polar surface area (TPSA) is 57.7 Å². The second-order valence-electron chi connectivity index (χ2n) is 9.10. The third kappa shape index (κ3) is 2.83. The zero-order valence-electron chi connectivity index (χ0n) is 16.6. The molecule has 1 aromatic carbocycles. The second kappa shape index (κ2) is 6.31. The van der Waals surface area contributed by atoms with Gasteiger partial charge in [0.15, 0.2) is 0 Å². The Morgan fingerprint density at radius 3 is 2.33 bits per heavy atom. The van der Waals surface area contributed by atoms with Gasteiger partial charge in [-0.25, -0.2) is 8.42 Å². The minimum atomic E-state index is -3.44. The van der Waals surface area contributed by atoms with Gasteiger partial charge in [-0.3, -0.25) is 4.79 Å². The molecule has 6 heteroatoms. The number of fused-ring (bicyclic) bond motifs is 2. The molecule has 1 aromatic rings. The van der Waals surface area contributed by atoms with Crippen molar-refractivity contribution in [3.63, 3.8) is 0 Å². The van der Waals surface area contributed by atoms with Gasteiger partial charge in [0, 0.05) is 43.7 Å². The van der Waals surface area contributed by atoms with Crippen LogP contribution in [0.5, 0.6) is 0 Å². The molecule has 0 spiro atoms. The van der Waals surface area contributed by atoms with Crippen molar-refractivity contribution in [3.05, 3.63) is 29.8 Å². The van der Waals surface area contributed by atoms with E-state index in [-0.39, 0.29) is 17.0 Å². The van der Waals surface area contributed by atoms with E-state index in [0.717, 1.165) is 12.8 Å². The normalized spacial score (nSPS) is 30.9. The molecule has 1 aliphatic heterocycles. The van der Waals surface area contributed by atoms with Crippen molar-refractivity contribution in [3.8, 4) is 0 Å². The Bertz CT molecular complexity index is 856. The van der Waals surface area contributed by atoms with Crippen molar-refractivity contribution < 1.29 is 13.2 Å². The molecule has 2 saturated carbocycles. The number of aryl methyl sites for hydroxylation is 1. The van der Waals surface area contributed by atoms with Gasteiger partial charge in [-0.15, -0.1) is 0 Å². The molecule has 0 amide bonds. The highest BCUT2D eigenvalue weighted by atomic mass is 32.2. The van der Waals surface area contributed by atoms with E-state index >= 15 is 0 Å². The van der Waals surface area contributed by atoms with E-state index in [1.807, 2.05) is 12.1 Å². The minimum Gasteiger partial charge on any atom is -0.369 e. The highest BCUT2D eigenvalue weighted by Crippen LogP contribution is 2.64. The Morgan fingerprint density at radius 2 is 1.78 bits per heavy atom. The molecule has 27 heavy (non-hydrogen) atoms. The van der Waals surface area contributed by atoms with Crippen LogP contribution in [0.2, 0.25) is 0 Å². The van der Waals surface area contributed by atoms with Crippen LogP contribution < -0.4 is 4.90 Å². The van der Waals surface area contributed by atoms with Crippen molar-refractivity contribution in [2.75, 3.05) is 36.8 Å². The molecule has 2 aliphatic carbocycles. The summed E-state index contributed by atoms with van der Waals surface area (Å²) in [6.07, 6.45) is 2.27. The number of carbonyl (C=O) groups is 1. The lowest BCUT2D eigenvalue weighted by Crippen LogP contribution is -2.52. The highest BCUT2D eigenvalue weighted by molar-refractivity contribution is 7.89. The largest absolute Gasteiger partial charge is 0.369 e. The number of benzene rings is 1. The summed E-state index contributed by atoms with van der Waals surface area (Å²) in [7, 11) is -3.44. The monoisotopic (exact) mass is 390 g/mol. The van der Waals surface area contributed by atoms with E-state index in [0.29, 0.717) is 38.5 Å². The minimum absolute atomic E-state index is 0.00724. The first-order valence-corrected chi connectivity index (χ1v) is 11.6. The van der Waals surface area contributed by atoms with Gasteiger partial charge in [-0.2, -0.15) is 4.31 Å². The van der Waals surface area contributed by atoms with Crippen LogP contribution in [-0.4, -0.2) is 50.4 Å². The second-order valence-corrected chi connectivity index (χ2v) is 11.1. The molecular formula is C21H30N2O3S. The average molecular weight is 391 g/mol. The lowest BCUT2D eigenvalue weighted by molar-refractivity contribution is -0.128. The third-order valence-electron chi connectivity index (χ3n) is 7.66. The van der Waals surface area contributed by atoms with Crippen LogP contribution in [0.1, 0.15) is 38.7 Å². The summed E-state index contributed by atoms with van der Waals surface area (Å²) in [5.74, 6) is 0.510. The predicted molar refractivity (Wildman–Crippen MR) is 107 cm³/mol. The quantitative estimate of drug-likeness (QED) is 0.793. The first kappa shape index (κ1) is 18.9. The summed E-state index contributed by atoms with van der Waals surface area (Å²) in [6.45, 7) is 8.65. The van der Waals surface area contributed by atoms with Gasteiger partial charge in [-0.05, 0) is 42.7 Å². The molecule has 3 fully saturated rings. The summed E-state index contributed by atoms with van der Waals surface area (Å²) < 4.78 is 28.1. The molecule has 2 atom stereocenters. The zero-order valence-corrected chi connectivity index (χ0v) is 17.4. The molecule has 0 aromatic heterocycles.